The van der Waals surface area contributed by atoms with Crippen molar-refractivity contribution in [3.05, 3.63) is 26.1 Å². The molecule has 0 aliphatic heterocycles. The average Bonchev–Trinajstić information content (AvgIpc) is 2.01. The van der Waals surface area contributed by atoms with Gasteiger partial charge in [-0.25, -0.2) is 0 Å². The van der Waals surface area contributed by atoms with Crippen LogP contribution in [-0.2, 0) is 5.33 Å². The van der Waals surface area contributed by atoms with Crippen LogP contribution in [-0.4, -0.2) is 5.11 Å². The van der Waals surface area contributed by atoms with E-state index in [9.17, 15) is 5.11 Å². The fourth-order valence-corrected chi connectivity index (χ4v) is 3.11. The first kappa shape index (κ1) is 10.5. The van der Waals surface area contributed by atoms with Crippen LogP contribution < -0.4 is 0 Å². The summed E-state index contributed by atoms with van der Waals surface area (Å²) in [6.45, 7) is 1.87. The van der Waals surface area contributed by atoms with Crippen molar-refractivity contribution >= 4 is 47.8 Å². The monoisotopic (exact) mass is 356 g/mol. The van der Waals surface area contributed by atoms with Gasteiger partial charge in [-0.15, -0.1) is 0 Å². The maximum absolute atomic E-state index is 9.67. The normalized spacial score (nSPS) is 10.3. The van der Waals surface area contributed by atoms with E-state index in [0.29, 0.717) is 11.1 Å². The third-order valence-electron chi connectivity index (χ3n) is 1.67. The van der Waals surface area contributed by atoms with Crippen molar-refractivity contribution in [1.29, 1.82) is 0 Å². The lowest BCUT2D eigenvalue weighted by Crippen LogP contribution is -1.87. The van der Waals surface area contributed by atoms with Crippen molar-refractivity contribution in [2.24, 2.45) is 0 Å². The maximum Gasteiger partial charge on any atom is 0.124 e. The summed E-state index contributed by atoms with van der Waals surface area (Å²) in [7, 11) is 0. The van der Waals surface area contributed by atoms with E-state index in [1.54, 1.807) is 0 Å². The number of hydrogen-bond donors (Lipinski definition) is 1. The lowest BCUT2D eigenvalue weighted by Gasteiger charge is -2.08. The second-order valence-corrected chi connectivity index (χ2v) is 4.70. The van der Waals surface area contributed by atoms with Crippen LogP contribution in [0.4, 0.5) is 0 Å². The molecule has 1 N–H and O–H groups in total. The van der Waals surface area contributed by atoms with Gasteiger partial charge in [-0.05, 0) is 13.0 Å². The smallest absolute Gasteiger partial charge is 0.124 e. The van der Waals surface area contributed by atoms with Crippen molar-refractivity contribution in [3.63, 3.8) is 0 Å². The van der Waals surface area contributed by atoms with Gasteiger partial charge in [0.1, 0.15) is 5.75 Å². The van der Waals surface area contributed by atoms with Gasteiger partial charge in [0.25, 0.3) is 0 Å². The molecule has 0 heterocycles. The minimum atomic E-state index is 0.341. The molecule has 1 aromatic carbocycles. The Morgan fingerprint density at radius 3 is 2.42 bits per heavy atom. The maximum atomic E-state index is 9.67. The number of phenolic OH excluding ortho intramolecular Hbond substituents is 1. The molecule has 0 saturated carbocycles. The van der Waals surface area contributed by atoms with Crippen molar-refractivity contribution in [3.8, 4) is 5.75 Å². The van der Waals surface area contributed by atoms with Crippen LogP contribution in [0.5, 0.6) is 5.75 Å². The molecular formula is C8H7Br3O. The summed E-state index contributed by atoms with van der Waals surface area (Å²) in [5.41, 5.74) is 1.75. The van der Waals surface area contributed by atoms with Crippen molar-refractivity contribution in [1.82, 2.24) is 0 Å². The van der Waals surface area contributed by atoms with Gasteiger partial charge in [0.15, 0.2) is 0 Å². The zero-order chi connectivity index (χ0) is 9.30. The van der Waals surface area contributed by atoms with Crippen molar-refractivity contribution in [2.75, 3.05) is 0 Å². The van der Waals surface area contributed by atoms with Crippen LogP contribution in [0.1, 0.15) is 11.1 Å². The minimum absolute atomic E-state index is 0.341. The molecule has 0 atom stereocenters. The molecule has 0 spiro atoms. The number of hydrogen-bond acceptors (Lipinski definition) is 1. The second kappa shape index (κ2) is 4.11. The molecule has 0 radical (unpaired) electrons. The van der Waals surface area contributed by atoms with E-state index < -0.39 is 0 Å². The fourth-order valence-electron chi connectivity index (χ4n) is 0.886. The lowest BCUT2D eigenvalue weighted by molar-refractivity contribution is 0.465. The van der Waals surface area contributed by atoms with E-state index in [1.165, 1.54) is 0 Å². The fraction of sp³-hybridized carbons (Fsp3) is 0.250. The molecule has 12 heavy (non-hydrogen) atoms. The van der Waals surface area contributed by atoms with E-state index in [1.807, 2.05) is 13.0 Å². The van der Waals surface area contributed by atoms with Crippen LogP contribution in [0.25, 0.3) is 0 Å². The highest BCUT2D eigenvalue weighted by Gasteiger charge is 2.10. The summed E-state index contributed by atoms with van der Waals surface area (Å²) >= 11 is 10.0. The van der Waals surface area contributed by atoms with Crippen molar-refractivity contribution < 1.29 is 5.11 Å². The van der Waals surface area contributed by atoms with Gasteiger partial charge in [-0.2, -0.15) is 0 Å². The Morgan fingerprint density at radius 2 is 1.92 bits per heavy atom. The van der Waals surface area contributed by atoms with E-state index in [0.717, 1.165) is 20.1 Å². The first-order chi connectivity index (χ1) is 5.57. The third kappa shape index (κ3) is 1.86. The zero-order valence-electron chi connectivity index (χ0n) is 6.37. The molecule has 0 unspecified atom stereocenters. The number of alkyl halides is 1. The molecule has 0 fully saturated rings. The molecule has 0 bridgehead atoms. The SMILES string of the molecule is Cc1c(Br)cc(Br)c(CBr)c1O. The van der Waals surface area contributed by atoms with Gasteiger partial charge >= 0.3 is 0 Å². The summed E-state index contributed by atoms with van der Waals surface area (Å²) < 4.78 is 1.82. The first-order valence-electron chi connectivity index (χ1n) is 3.30. The summed E-state index contributed by atoms with van der Waals surface area (Å²) in [4.78, 5) is 0. The van der Waals surface area contributed by atoms with E-state index in [4.69, 9.17) is 0 Å². The number of phenols is 1. The van der Waals surface area contributed by atoms with Crippen LogP contribution in [0, 0.1) is 6.92 Å². The minimum Gasteiger partial charge on any atom is -0.507 e. The third-order valence-corrected chi connectivity index (χ3v) is 3.77. The standard InChI is InChI=1S/C8H7Br3O/c1-4-6(10)2-7(11)5(3-9)8(4)12/h2,12H,3H2,1H3. The second-order valence-electron chi connectivity index (χ2n) is 2.43. The lowest BCUT2D eigenvalue weighted by atomic mass is 10.1. The highest BCUT2D eigenvalue weighted by Crippen LogP contribution is 2.35. The number of aromatic hydroxyl groups is 1. The number of rotatable bonds is 1. The molecule has 4 heteroatoms. The molecule has 1 rings (SSSR count). The van der Waals surface area contributed by atoms with Gasteiger partial charge in [-0.1, -0.05) is 47.8 Å². The van der Waals surface area contributed by atoms with E-state index in [2.05, 4.69) is 47.8 Å². The highest BCUT2D eigenvalue weighted by atomic mass is 79.9. The molecule has 0 amide bonds. The summed E-state index contributed by atoms with van der Waals surface area (Å²) in [6, 6.07) is 1.94. The largest absolute Gasteiger partial charge is 0.507 e. The van der Waals surface area contributed by atoms with Gasteiger partial charge in [0.2, 0.25) is 0 Å². The summed E-state index contributed by atoms with van der Waals surface area (Å²) in [6.07, 6.45) is 0. The zero-order valence-corrected chi connectivity index (χ0v) is 11.1. The molecule has 0 saturated heterocycles. The molecule has 1 nitrogen and oxygen atoms in total. The van der Waals surface area contributed by atoms with Crippen LogP contribution >= 0.6 is 47.8 Å². The summed E-state index contributed by atoms with van der Waals surface area (Å²) in [5.74, 6) is 0.341. The number of benzene rings is 1. The molecule has 0 aliphatic rings. The average molecular weight is 359 g/mol. The first-order valence-corrected chi connectivity index (χ1v) is 6.01. The van der Waals surface area contributed by atoms with Gasteiger partial charge < -0.3 is 5.11 Å². The van der Waals surface area contributed by atoms with Crippen molar-refractivity contribution in [2.45, 2.75) is 12.3 Å². The molecule has 0 aliphatic carbocycles. The Balaban J connectivity index is 3.40. The van der Waals surface area contributed by atoms with E-state index >= 15 is 0 Å². The predicted molar refractivity (Wildman–Crippen MR) is 60.9 cm³/mol. The molecule has 0 aromatic heterocycles. The Morgan fingerprint density at radius 1 is 1.33 bits per heavy atom. The van der Waals surface area contributed by atoms with Gasteiger partial charge in [0, 0.05) is 25.4 Å². The Bertz CT molecular complexity index is 310. The summed E-state index contributed by atoms with van der Waals surface area (Å²) in [5, 5.41) is 10.3. The van der Waals surface area contributed by atoms with Crippen LogP contribution in [0.15, 0.2) is 15.0 Å². The Labute approximate surface area is 96.6 Å². The molecule has 66 valence electrons. The van der Waals surface area contributed by atoms with E-state index in [-0.39, 0.29) is 0 Å². The van der Waals surface area contributed by atoms with Gasteiger partial charge in [-0.3, -0.25) is 0 Å². The molecule has 1 aromatic rings. The Hall–Kier alpha value is 0.460. The topological polar surface area (TPSA) is 20.2 Å². The quantitative estimate of drug-likeness (QED) is 0.749. The van der Waals surface area contributed by atoms with Crippen LogP contribution in [0.3, 0.4) is 0 Å². The number of halogens is 3. The Kier molecular flexibility index (Phi) is 3.61. The predicted octanol–water partition coefficient (Wildman–Crippen LogP) is 4.12. The highest BCUT2D eigenvalue weighted by molar-refractivity contribution is 9.11. The van der Waals surface area contributed by atoms with Crippen LogP contribution in [0.2, 0.25) is 0 Å². The van der Waals surface area contributed by atoms with Gasteiger partial charge in [0.05, 0.1) is 0 Å². The molecular weight excluding hydrogens is 352 g/mol.